The Balaban J connectivity index is 2.74. The number of amides is 1. The van der Waals surface area contributed by atoms with Crippen LogP contribution in [0, 0.1) is 0 Å². The van der Waals surface area contributed by atoms with E-state index in [1.807, 2.05) is 0 Å². The van der Waals surface area contributed by atoms with Crippen LogP contribution in [0.4, 0.5) is 4.79 Å². The lowest BCUT2D eigenvalue weighted by atomic mass is 10.6. The maximum absolute atomic E-state index is 10.5. The van der Waals surface area contributed by atoms with Gasteiger partial charge in [0.2, 0.25) is 0 Å². The van der Waals surface area contributed by atoms with Crippen LogP contribution in [0.5, 0.6) is 0 Å². The number of carboxylic acid groups (broad SMARTS) is 1. The van der Waals surface area contributed by atoms with Gasteiger partial charge in [-0.25, -0.2) is 4.48 Å². The summed E-state index contributed by atoms with van der Waals surface area (Å²) in [6.07, 6.45) is 3.69. The van der Waals surface area contributed by atoms with Gasteiger partial charge in [-0.05, 0) is 0 Å². The first-order valence-electron chi connectivity index (χ1n) is 3.23. The molecule has 0 spiro atoms. The van der Waals surface area contributed by atoms with Crippen molar-refractivity contribution in [2.75, 3.05) is 13.7 Å². The molecule has 4 heteroatoms. The number of quaternary nitrogens is 1. The smallest absolute Gasteiger partial charge is 0.263 e. The van der Waals surface area contributed by atoms with Crippen molar-refractivity contribution in [3.63, 3.8) is 0 Å². The molecule has 1 aliphatic heterocycles. The lowest BCUT2D eigenvalue weighted by Gasteiger charge is -2.26. The highest BCUT2D eigenvalue weighted by molar-refractivity contribution is 5.54. The first-order chi connectivity index (χ1) is 5.08. The average Bonchev–Trinajstić information content (AvgIpc) is 2.33. The molecule has 0 aliphatic carbocycles. The molecule has 0 fully saturated rings. The molecule has 0 radical (unpaired) electrons. The molecule has 0 bridgehead atoms. The second-order valence-electron chi connectivity index (χ2n) is 2.67. The van der Waals surface area contributed by atoms with E-state index in [1.165, 1.54) is 0 Å². The number of hydrogen-bond donors (Lipinski definition) is 0. The minimum absolute atomic E-state index is 0.216. The van der Waals surface area contributed by atoms with Crippen LogP contribution >= 0.6 is 0 Å². The van der Waals surface area contributed by atoms with Crippen molar-refractivity contribution in [1.82, 2.24) is 4.90 Å². The van der Waals surface area contributed by atoms with Crippen molar-refractivity contribution >= 4 is 6.09 Å². The summed E-state index contributed by atoms with van der Waals surface area (Å²) < 4.78 is -0.216. The van der Waals surface area contributed by atoms with E-state index >= 15 is 0 Å². The van der Waals surface area contributed by atoms with E-state index in [0.717, 1.165) is 0 Å². The van der Waals surface area contributed by atoms with Crippen molar-refractivity contribution in [3.05, 3.63) is 25.2 Å². The minimum atomic E-state index is -1.11. The van der Waals surface area contributed by atoms with Gasteiger partial charge < -0.3 is 14.8 Å². The third-order valence-corrected chi connectivity index (χ3v) is 1.70. The Bertz CT molecular complexity index is 224. The van der Waals surface area contributed by atoms with Crippen molar-refractivity contribution in [2.24, 2.45) is 0 Å². The van der Waals surface area contributed by atoms with Crippen molar-refractivity contribution < 1.29 is 14.4 Å². The highest BCUT2D eigenvalue weighted by atomic mass is 16.4. The Kier molecular flexibility index (Phi) is 1.70. The highest BCUT2D eigenvalue weighted by Crippen LogP contribution is 2.13. The van der Waals surface area contributed by atoms with Gasteiger partial charge in [0.15, 0.2) is 6.67 Å². The SMILES string of the molecule is C=CN1C=C[N+](C)(C(=O)[O-])C1. The Morgan fingerprint density at radius 1 is 1.91 bits per heavy atom. The molecule has 1 unspecified atom stereocenters. The number of nitrogens with zero attached hydrogens (tertiary/aromatic N) is 2. The van der Waals surface area contributed by atoms with Crippen LogP contribution in [-0.2, 0) is 0 Å². The second kappa shape index (κ2) is 2.39. The number of rotatable bonds is 1. The van der Waals surface area contributed by atoms with E-state index in [9.17, 15) is 9.90 Å². The Labute approximate surface area is 65.2 Å². The molecule has 4 nitrogen and oxygen atoms in total. The molecule has 1 amide bonds. The van der Waals surface area contributed by atoms with Crippen LogP contribution in [0.2, 0.25) is 0 Å². The first-order valence-corrected chi connectivity index (χ1v) is 3.23. The molecular formula is C7H10N2O2. The quantitative estimate of drug-likeness (QED) is 0.485. The summed E-state index contributed by atoms with van der Waals surface area (Å²) in [5.41, 5.74) is 0. The Morgan fingerprint density at radius 3 is 2.82 bits per heavy atom. The van der Waals surface area contributed by atoms with Crippen LogP contribution in [0.3, 0.4) is 0 Å². The zero-order chi connectivity index (χ0) is 8.48. The largest absolute Gasteiger partial charge is 0.498 e. The predicted molar refractivity (Wildman–Crippen MR) is 37.6 cm³/mol. The van der Waals surface area contributed by atoms with E-state index < -0.39 is 6.09 Å². The van der Waals surface area contributed by atoms with Crippen LogP contribution in [0.15, 0.2) is 25.2 Å². The van der Waals surface area contributed by atoms with Crippen molar-refractivity contribution in [3.8, 4) is 0 Å². The van der Waals surface area contributed by atoms with Crippen molar-refractivity contribution in [1.29, 1.82) is 0 Å². The lowest BCUT2D eigenvalue weighted by Crippen LogP contribution is -2.52. The number of hydrogen-bond acceptors (Lipinski definition) is 3. The molecular weight excluding hydrogens is 144 g/mol. The van der Waals surface area contributed by atoms with Crippen LogP contribution < -0.4 is 5.11 Å². The maximum Gasteiger partial charge on any atom is 0.263 e. The topological polar surface area (TPSA) is 43.4 Å². The fourth-order valence-electron chi connectivity index (χ4n) is 0.903. The van der Waals surface area contributed by atoms with Gasteiger partial charge >= 0.3 is 0 Å². The average molecular weight is 154 g/mol. The second-order valence-corrected chi connectivity index (χ2v) is 2.67. The zero-order valence-corrected chi connectivity index (χ0v) is 6.36. The fraction of sp³-hybridized carbons (Fsp3) is 0.286. The predicted octanol–water partition coefficient (Wildman–Crippen LogP) is -0.336. The van der Waals surface area contributed by atoms with Gasteiger partial charge in [0.1, 0.15) is 6.20 Å². The zero-order valence-electron chi connectivity index (χ0n) is 6.36. The molecule has 1 aliphatic rings. The van der Waals surface area contributed by atoms with E-state index in [1.54, 1.807) is 30.5 Å². The van der Waals surface area contributed by atoms with E-state index in [-0.39, 0.29) is 4.48 Å². The van der Waals surface area contributed by atoms with Crippen LogP contribution in [0.1, 0.15) is 0 Å². The summed E-state index contributed by atoms with van der Waals surface area (Å²) >= 11 is 0. The number of carbonyl (C=O) groups is 1. The molecule has 0 N–H and O–H groups in total. The first kappa shape index (κ1) is 7.81. The summed E-state index contributed by atoms with van der Waals surface area (Å²) in [7, 11) is 1.56. The van der Waals surface area contributed by atoms with E-state index in [2.05, 4.69) is 6.58 Å². The van der Waals surface area contributed by atoms with Gasteiger partial charge in [-0.15, -0.1) is 0 Å². The van der Waals surface area contributed by atoms with Crippen molar-refractivity contribution in [2.45, 2.75) is 0 Å². The Morgan fingerprint density at radius 2 is 2.55 bits per heavy atom. The third kappa shape index (κ3) is 1.25. The molecule has 0 aromatic carbocycles. The van der Waals surface area contributed by atoms with Crippen LogP contribution in [-0.4, -0.2) is 29.2 Å². The van der Waals surface area contributed by atoms with E-state index in [0.29, 0.717) is 6.67 Å². The molecule has 1 atom stereocenters. The monoisotopic (exact) mass is 154 g/mol. The molecule has 0 aromatic rings. The summed E-state index contributed by atoms with van der Waals surface area (Å²) in [5.74, 6) is 0. The summed E-state index contributed by atoms with van der Waals surface area (Å²) in [4.78, 5) is 12.2. The van der Waals surface area contributed by atoms with Gasteiger partial charge in [-0.3, -0.25) is 0 Å². The molecule has 0 saturated carbocycles. The van der Waals surface area contributed by atoms with Crippen LogP contribution in [0.25, 0.3) is 0 Å². The van der Waals surface area contributed by atoms with Gasteiger partial charge in [-0.1, -0.05) is 6.58 Å². The molecule has 0 saturated heterocycles. The van der Waals surface area contributed by atoms with E-state index in [4.69, 9.17) is 0 Å². The summed E-state index contributed by atoms with van der Waals surface area (Å²) in [5, 5.41) is 10.5. The molecule has 1 heterocycles. The van der Waals surface area contributed by atoms with Gasteiger partial charge in [0.05, 0.1) is 13.2 Å². The van der Waals surface area contributed by atoms with Gasteiger partial charge in [0, 0.05) is 6.20 Å². The third-order valence-electron chi connectivity index (χ3n) is 1.70. The van der Waals surface area contributed by atoms with Gasteiger partial charge in [0.25, 0.3) is 6.09 Å². The van der Waals surface area contributed by atoms with Gasteiger partial charge in [-0.2, -0.15) is 0 Å². The molecule has 0 aromatic heterocycles. The number of carbonyl (C=O) groups excluding carboxylic acids is 1. The highest BCUT2D eigenvalue weighted by Gasteiger charge is 2.28. The maximum atomic E-state index is 10.5. The molecule has 1 rings (SSSR count). The Hall–Kier alpha value is -1.29. The fourth-order valence-corrected chi connectivity index (χ4v) is 0.903. The minimum Gasteiger partial charge on any atom is -0.498 e. The standard InChI is InChI=1S/C7H10N2O2/c1-3-8-4-5-9(2,6-8)7(10)11/h3-5H,1,6H2,2H3. The molecule has 60 valence electrons. The normalized spacial score (nSPS) is 29.0. The summed E-state index contributed by atoms with van der Waals surface area (Å²) in [6.45, 7) is 3.87. The molecule has 11 heavy (non-hydrogen) atoms. The summed E-state index contributed by atoms with van der Waals surface area (Å²) in [6, 6.07) is 0. The lowest BCUT2D eigenvalue weighted by molar-refractivity contribution is -0.809.